The lowest BCUT2D eigenvalue weighted by Gasteiger charge is -2.24. The van der Waals surface area contributed by atoms with Crippen molar-refractivity contribution in [3.8, 4) is 5.69 Å². The van der Waals surface area contributed by atoms with Crippen molar-refractivity contribution < 1.29 is 4.79 Å². The zero-order valence-corrected chi connectivity index (χ0v) is 17.7. The van der Waals surface area contributed by atoms with Crippen molar-refractivity contribution >= 4 is 17.7 Å². The third-order valence-electron chi connectivity index (χ3n) is 5.15. The predicted molar refractivity (Wildman–Crippen MR) is 116 cm³/mol. The molecule has 2 aromatic carbocycles. The SMILES string of the molecule is CCN(Cc1ccccc1)C(=O)C(C)Sc1nnc(C2CC2)n1-c1ccccc1. The quantitative estimate of drug-likeness (QED) is 0.510. The molecule has 29 heavy (non-hydrogen) atoms. The zero-order valence-electron chi connectivity index (χ0n) is 16.9. The highest BCUT2D eigenvalue weighted by Crippen LogP contribution is 2.41. The fourth-order valence-electron chi connectivity index (χ4n) is 3.40. The van der Waals surface area contributed by atoms with E-state index in [1.165, 1.54) is 11.8 Å². The molecule has 1 aliphatic carbocycles. The first-order valence-corrected chi connectivity index (χ1v) is 11.1. The highest BCUT2D eigenvalue weighted by Gasteiger charge is 2.32. The van der Waals surface area contributed by atoms with Gasteiger partial charge in [-0.2, -0.15) is 0 Å². The highest BCUT2D eigenvalue weighted by molar-refractivity contribution is 8.00. The lowest BCUT2D eigenvalue weighted by Crippen LogP contribution is -2.36. The van der Waals surface area contributed by atoms with Crippen LogP contribution >= 0.6 is 11.8 Å². The van der Waals surface area contributed by atoms with Gasteiger partial charge in [-0.05, 0) is 44.4 Å². The van der Waals surface area contributed by atoms with Gasteiger partial charge in [0, 0.05) is 24.7 Å². The summed E-state index contributed by atoms with van der Waals surface area (Å²) < 4.78 is 2.12. The molecule has 0 bridgehead atoms. The molecule has 1 fully saturated rings. The van der Waals surface area contributed by atoms with E-state index in [0.717, 1.165) is 35.1 Å². The van der Waals surface area contributed by atoms with Gasteiger partial charge in [0.1, 0.15) is 5.82 Å². The van der Waals surface area contributed by atoms with Crippen molar-refractivity contribution in [2.45, 2.75) is 49.6 Å². The molecule has 1 amide bonds. The van der Waals surface area contributed by atoms with Crippen LogP contribution in [0.25, 0.3) is 5.69 Å². The average molecular weight is 407 g/mol. The normalized spacial score (nSPS) is 14.6. The second kappa shape index (κ2) is 8.82. The summed E-state index contributed by atoms with van der Waals surface area (Å²) in [5.74, 6) is 1.61. The first-order valence-electron chi connectivity index (χ1n) is 10.2. The van der Waals surface area contributed by atoms with Crippen molar-refractivity contribution in [1.29, 1.82) is 0 Å². The maximum Gasteiger partial charge on any atom is 0.236 e. The van der Waals surface area contributed by atoms with Crippen LogP contribution in [0.5, 0.6) is 0 Å². The van der Waals surface area contributed by atoms with E-state index in [-0.39, 0.29) is 11.2 Å². The molecule has 0 radical (unpaired) electrons. The van der Waals surface area contributed by atoms with Crippen molar-refractivity contribution in [3.63, 3.8) is 0 Å². The Hall–Kier alpha value is -2.60. The minimum absolute atomic E-state index is 0.122. The van der Waals surface area contributed by atoms with Gasteiger partial charge in [0.2, 0.25) is 5.91 Å². The Kier molecular flexibility index (Phi) is 6.00. The number of rotatable bonds is 8. The molecule has 0 N–H and O–H groups in total. The molecule has 1 unspecified atom stereocenters. The molecule has 0 aliphatic heterocycles. The maximum absolute atomic E-state index is 13.1. The minimum atomic E-state index is -0.239. The predicted octanol–water partition coefficient (Wildman–Crippen LogP) is 4.67. The molecular formula is C23H26N4OS. The monoisotopic (exact) mass is 406 g/mol. The summed E-state index contributed by atoms with van der Waals surface area (Å²) in [5.41, 5.74) is 2.20. The Morgan fingerprint density at radius 1 is 1.10 bits per heavy atom. The number of hydrogen-bond acceptors (Lipinski definition) is 4. The Labute approximate surface area is 176 Å². The molecule has 0 spiro atoms. The molecular weight excluding hydrogens is 380 g/mol. The summed E-state index contributed by atoms with van der Waals surface area (Å²) in [6.45, 7) is 5.29. The summed E-state index contributed by atoms with van der Waals surface area (Å²) in [6, 6.07) is 20.3. The third kappa shape index (κ3) is 4.53. The van der Waals surface area contributed by atoms with E-state index in [1.54, 1.807) is 0 Å². The fraction of sp³-hybridized carbons (Fsp3) is 0.348. The highest BCUT2D eigenvalue weighted by atomic mass is 32.2. The van der Waals surface area contributed by atoms with Crippen LogP contribution in [0, 0.1) is 0 Å². The molecule has 1 aliphatic rings. The molecule has 6 heteroatoms. The summed E-state index contributed by atoms with van der Waals surface area (Å²) in [4.78, 5) is 15.0. The fourth-order valence-corrected chi connectivity index (χ4v) is 4.36. The van der Waals surface area contributed by atoms with E-state index in [4.69, 9.17) is 0 Å². The van der Waals surface area contributed by atoms with E-state index >= 15 is 0 Å². The number of carbonyl (C=O) groups excluding carboxylic acids is 1. The maximum atomic E-state index is 13.1. The van der Waals surface area contributed by atoms with E-state index < -0.39 is 0 Å². The second-order valence-corrected chi connectivity index (χ2v) is 8.69. The molecule has 1 atom stereocenters. The number of carbonyl (C=O) groups is 1. The number of benzene rings is 2. The first-order chi connectivity index (χ1) is 14.2. The number of amides is 1. The molecule has 4 rings (SSSR count). The minimum Gasteiger partial charge on any atom is -0.338 e. The van der Waals surface area contributed by atoms with Crippen LogP contribution < -0.4 is 0 Å². The lowest BCUT2D eigenvalue weighted by atomic mass is 10.2. The van der Waals surface area contributed by atoms with Gasteiger partial charge >= 0.3 is 0 Å². The summed E-state index contributed by atoms with van der Waals surface area (Å²) in [7, 11) is 0. The molecule has 5 nitrogen and oxygen atoms in total. The zero-order chi connectivity index (χ0) is 20.2. The Balaban J connectivity index is 1.53. The Morgan fingerprint density at radius 2 is 1.76 bits per heavy atom. The Bertz CT molecular complexity index is 954. The number of hydrogen-bond donors (Lipinski definition) is 0. The van der Waals surface area contributed by atoms with Gasteiger partial charge in [-0.1, -0.05) is 60.3 Å². The van der Waals surface area contributed by atoms with E-state index in [1.807, 2.05) is 55.1 Å². The molecule has 1 aromatic heterocycles. The smallest absolute Gasteiger partial charge is 0.236 e. The summed E-state index contributed by atoms with van der Waals surface area (Å²) >= 11 is 1.49. The van der Waals surface area contributed by atoms with Gasteiger partial charge in [-0.3, -0.25) is 9.36 Å². The van der Waals surface area contributed by atoms with Crippen molar-refractivity contribution in [1.82, 2.24) is 19.7 Å². The van der Waals surface area contributed by atoms with E-state index in [0.29, 0.717) is 19.0 Å². The molecule has 150 valence electrons. The van der Waals surface area contributed by atoms with Crippen LogP contribution in [0.2, 0.25) is 0 Å². The van der Waals surface area contributed by atoms with Crippen molar-refractivity contribution in [3.05, 3.63) is 72.1 Å². The van der Waals surface area contributed by atoms with Crippen LogP contribution in [0.1, 0.15) is 44.0 Å². The summed E-state index contributed by atoms with van der Waals surface area (Å²) in [5, 5.41) is 9.47. The number of nitrogens with zero attached hydrogens (tertiary/aromatic N) is 4. The van der Waals surface area contributed by atoms with Crippen LogP contribution in [0.3, 0.4) is 0 Å². The molecule has 0 saturated heterocycles. The second-order valence-electron chi connectivity index (χ2n) is 7.38. The topological polar surface area (TPSA) is 51.0 Å². The van der Waals surface area contributed by atoms with Gasteiger partial charge in [-0.25, -0.2) is 0 Å². The standard InChI is InChI=1S/C23H26N4OS/c1-3-26(16-18-10-6-4-7-11-18)22(28)17(2)29-23-25-24-21(19-14-15-19)27(23)20-12-8-5-9-13-20/h4-13,17,19H,3,14-16H2,1-2H3. The van der Waals surface area contributed by atoms with Crippen molar-refractivity contribution in [2.24, 2.45) is 0 Å². The van der Waals surface area contributed by atoms with Crippen LogP contribution in [-0.2, 0) is 11.3 Å². The molecule has 1 saturated carbocycles. The van der Waals surface area contributed by atoms with Gasteiger partial charge in [0.25, 0.3) is 0 Å². The van der Waals surface area contributed by atoms with Crippen LogP contribution in [0.15, 0.2) is 65.8 Å². The number of para-hydroxylation sites is 1. The van der Waals surface area contributed by atoms with E-state index in [9.17, 15) is 4.79 Å². The molecule has 1 heterocycles. The lowest BCUT2D eigenvalue weighted by molar-refractivity contribution is -0.130. The van der Waals surface area contributed by atoms with Crippen LogP contribution in [0.4, 0.5) is 0 Å². The Morgan fingerprint density at radius 3 is 2.38 bits per heavy atom. The average Bonchev–Trinajstić information content (AvgIpc) is 3.53. The number of aromatic nitrogens is 3. The first kappa shape index (κ1) is 19.7. The van der Waals surface area contributed by atoms with Gasteiger partial charge in [-0.15, -0.1) is 10.2 Å². The van der Waals surface area contributed by atoms with Gasteiger partial charge in [0.15, 0.2) is 5.16 Å². The van der Waals surface area contributed by atoms with E-state index in [2.05, 4.69) is 39.0 Å². The number of thioether (sulfide) groups is 1. The molecule has 3 aromatic rings. The van der Waals surface area contributed by atoms with Crippen LogP contribution in [-0.4, -0.2) is 37.4 Å². The third-order valence-corrected chi connectivity index (χ3v) is 6.19. The van der Waals surface area contributed by atoms with Gasteiger partial charge < -0.3 is 4.90 Å². The van der Waals surface area contributed by atoms with Crippen molar-refractivity contribution in [2.75, 3.05) is 6.54 Å². The van der Waals surface area contributed by atoms with Gasteiger partial charge in [0.05, 0.1) is 5.25 Å². The largest absolute Gasteiger partial charge is 0.338 e. The summed E-state index contributed by atoms with van der Waals surface area (Å²) in [6.07, 6.45) is 2.32.